The van der Waals surface area contributed by atoms with Crippen LogP contribution in [0.4, 0.5) is 11.5 Å². The molecule has 7 heteroatoms. The summed E-state index contributed by atoms with van der Waals surface area (Å²) < 4.78 is 23.9. The Morgan fingerprint density at radius 3 is 3.00 bits per heavy atom. The van der Waals surface area contributed by atoms with E-state index in [2.05, 4.69) is 20.5 Å². The zero-order valence-corrected chi connectivity index (χ0v) is 12.4. The van der Waals surface area contributed by atoms with Crippen LogP contribution in [0.15, 0.2) is 12.3 Å². The largest absolute Gasteiger partial charge is 0.363 e. The van der Waals surface area contributed by atoms with E-state index in [0.29, 0.717) is 22.6 Å². The van der Waals surface area contributed by atoms with Gasteiger partial charge in [0.1, 0.15) is 11.4 Å². The number of pyridine rings is 1. The summed E-state index contributed by atoms with van der Waals surface area (Å²) in [6.07, 6.45) is 3.26. The second-order valence-corrected chi connectivity index (χ2v) is 5.79. The van der Waals surface area contributed by atoms with Crippen LogP contribution in [0.1, 0.15) is 35.6 Å². The fourth-order valence-corrected chi connectivity index (χ4v) is 2.76. The average molecular weight is 301 g/mol. The number of nitrogens with one attached hydrogen (secondary N) is 1. The minimum absolute atomic E-state index is 0.00744. The summed E-state index contributed by atoms with van der Waals surface area (Å²) >= 11 is 0. The van der Waals surface area contributed by atoms with Gasteiger partial charge in [0.15, 0.2) is 5.82 Å². The molecule has 1 amide bonds. The maximum atomic E-state index is 12.2. The fraction of sp³-hybridized carbons (Fsp3) is 0.467. The van der Waals surface area contributed by atoms with Crippen molar-refractivity contribution in [3.63, 3.8) is 0 Å². The van der Waals surface area contributed by atoms with Gasteiger partial charge in [-0.3, -0.25) is 4.79 Å². The molecule has 0 spiro atoms. The lowest BCUT2D eigenvalue weighted by Crippen LogP contribution is -2.28. The molecular formula is C15H18N6O. The molecule has 2 aromatic heterocycles. The van der Waals surface area contributed by atoms with Crippen molar-refractivity contribution in [3.05, 3.63) is 18.0 Å². The molecule has 0 saturated heterocycles. The molecule has 1 atom stereocenters. The molecule has 114 valence electrons. The van der Waals surface area contributed by atoms with E-state index in [1.165, 1.54) is 9.70 Å². The van der Waals surface area contributed by atoms with Gasteiger partial charge >= 0.3 is 0 Å². The summed E-state index contributed by atoms with van der Waals surface area (Å²) in [4.78, 5) is 19.2. The normalized spacial score (nSPS) is 22.2. The topological polar surface area (TPSA) is 75.9 Å². The zero-order valence-electron chi connectivity index (χ0n) is 15.4. The van der Waals surface area contributed by atoms with Crippen molar-refractivity contribution < 1.29 is 8.91 Å². The number of carbonyl (C=O) groups is 1. The first-order valence-electron chi connectivity index (χ1n) is 8.78. The van der Waals surface area contributed by atoms with Crippen LogP contribution in [-0.4, -0.2) is 32.9 Å². The Bertz CT molecular complexity index is 857. The zero-order chi connectivity index (χ0) is 17.9. The highest BCUT2D eigenvalue weighted by Gasteiger charge is 2.34. The number of aryl methyl sites for hydroxylation is 1. The van der Waals surface area contributed by atoms with Crippen LogP contribution in [0.5, 0.6) is 0 Å². The number of hydrogen-bond donors (Lipinski definition) is 1. The third kappa shape index (κ3) is 1.88. The van der Waals surface area contributed by atoms with Crippen LogP contribution in [0, 0.1) is 5.92 Å². The molecule has 0 bridgehead atoms. The Morgan fingerprint density at radius 2 is 2.27 bits per heavy atom. The highest BCUT2D eigenvalue weighted by molar-refractivity contribution is 5.99. The summed E-state index contributed by atoms with van der Waals surface area (Å²) in [6.45, 7) is -0.645. The molecule has 2 aromatic rings. The van der Waals surface area contributed by atoms with Gasteiger partial charge in [0, 0.05) is 35.8 Å². The minimum Gasteiger partial charge on any atom is -0.363 e. The quantitative estimate of drug-likeness (QED) is 0.914. The van der Waals surface area contributed by atoms with Gasteiger partial charge in [0.05, 0.1) is 11.7 Å². The number of hydrogen-bond acceptors (Lipinski definition) is 5. The van der Waals surface area contributed by atoms with Crippen molar-refractivity contribution in [2.75, 3.05) is 17.2 Å². The van der Waals surface area contributed by atoms with E-state index < -0.39 is 13.0 Å². The standard InChI is InChI=1S/C15H18N6O/c1-8-11-12(19-21(3)18-11)10-6-7-16-14(13(10)20(8)2)17-15(22)9-4-5-9/h6-9H,4-5H2,1-3H3,(H,16,17,22)/i2D3. The molecule has 2 aliphatic rings. The second-order valence-electron chi connectivity index (χ2n) is 5.79. The lowest BCUT2D eigenvalue weighted by molar-refractivity contribution is -0.117. The number of fused-ring (bicyclic) bond motifs is 3. The van der Waals surface area contributed by atoms with E-state index in [1.54, 1.807) is 26.2 Å². The number of carbonyl (C=O) groups excluding carboxylic acids is 1. The smallest absolute Gasteiger partial charge is 0.228 e. The predicted molar refractivity (Wildman–Crippen MR) is 82.4 cm³/mol. The van der Waals surface area contributed by atoms with Gasteiger partial charge in [-0.1, -0.05) is 0 Å². The first-order valence-corrected chi connectivity index (χ1v) is 7.28. The number of rotatable bonds is 2. The van der Waals surface area contributed by atoms with E-state index in [9.17, 15) is 4.79 Å². The second kappa shape index (κ2) is 4.53. The molecule has 1 fully saturated rings. The number of amides is 1. The Labute approximate surface area is 132 Å². The summed E-state index contributed by atoms with van der Waals surface area (Å²) in [5.41, 5.74) is 2.20. The Kier molecular flexibility index (Phi) is 2.12. The summed E-state index contributed by atoms with van der Waals surface area (Å²) in [5, 5.41) is 11.5. The van der Waals surface area contributed by atoms with Gasteiger partial charge in [0.2, 0.25) is 5.91 Å². The van der Waals surface area contributed by atoms with E-state index in [0.717, 1.165) is 12.8 Å². The third-order valence-corrected chi connectivity index (χ3v) is 4.13. The van der Waals surface area contributed by atoms with Crippen molar-refractivity contribution in [2.45, 2.75) is 25.8 Å². The van der Waals surface area contributed by atoms with Crippen LogP contribution in [0.25, 0.3) is 11.3 Å². The monoisotopic (exact) mass is 301 g/mol. The first-order chi connectivity index (χ1) is 11.8. The molecule has 3 heterocycles. The SMILES string of the molecule is [2H]C([2H])([2H])N1c2c(ccnc2NC(=O)C2CC2)-c2nn(C)nc2C1C. The summed E-state index contributed by atoms with van der Waals surface area (Å²) in [5.74, 6) is 0.129. The highest BCUT2D eigenvalue weighted by Crippen LogP contribution is 2.45. The average Bonchev–Trinajstić information content (AvgIpc) is 3.29. The van der Waals surface area contributed by atoms with Crippen molar-refractivity contribution in [1.82, 2.24) is 20.0 Å². The Morgan fingerprint density at radius 1 is 1.45 bits per heavy atom. The van der Waals surface area contributed by atoms with Crippen molar-refractivity contribution in [1.29, 1.82) is 0 Å². The van der Waals surface area contributed by atoms with Crippen molar-refractivity contribution in [2.24, 2.45) is 13.0 Å². The number of nitrogens with zero attached hydrogens (tertiary/aromatic N) is 5. The van der Waals surface area contributed by atoms with E-state index in [4.69, 9.17) is 4.11 Å². The molecule has 1 N–H and O–H groups in total. The number of anilines is 2. The minimum atomic E-state index is -2.41. The summed E-state index contributed by atoms with van der Waals surface area (Å²) in [6, 6.07) is 1.18. The van der Waals surface area contributed by atoms with Gasteiger partial charge in [-0.25, -0.2) is 4.98 Å². The van der Waals surface area contributed by atoms with E-state index in [-0.39, 0.29) is 17.6 Å². The van der Waals surface area contributed by atoms with Gasteiger partial charge in [-0.2, -0.15) is 15.0 Å². The number of aromatic nitrogens is 4. The molecule has 0 aromatic carbocycles. The van der Waals surface area contributed by atoms with E-state index >= 15 is 0 Å². The molecule has 1 aliphatic carbocycles. The van der Waals surface area contributed by atoms with Crippen LogP contribution < -0.4 is 10.2 Å². The Balaban J connectivity index is 1.90. The third-order valence-electron chi connectivity index (χ3n) is 4.13. The molecular weight excluding hydrogens is 280 g/mol. The molecule has 4 rings (SSSR count). The maximum absolute atomic E-state index is 12.2. The van der Waals surface area contributed by atoms with Gasteiger partial charge in [-0.05, 0) is 25.8 Å². The van der Waals surface area contributed by atoms with Crippen molar-refractivity contribution in [3.8, 4) is 11.3 Å². The molecule has 22 heavy (non-hydrogen) atoms. The Hall–Kier alpha value is -2.44. The lowest BCUT2D eigenvalue weighted by atomic mass is 9.99. The first kappa shape index (κ1) is 10.3. The summed E-state index contributed by atoms with van der Waals surface area (Å²) in [7, 11) is 1.70. The van der Waals surface area contributed by atoms with Gasteiger partial charge in [-0.15, -0.1) is 0 Å². The maximum Gasteiger partial charge on any atom is 0.228 e. The molecule has 1 aliphatic heterocycles. The fourth-order valence-electron chi connectivity index (χ4n) is 2.76. The van der Waals surface area contributed by atoms with Crippen molar-refractivity contribution >= 4 is 17.4 Å². The van der Waals surface area contributed by atoms with Gasteiger partial charge in [0.25, 0.3) is 0 Å². The molecule has 7 nitrogen and oxygen atoms in total. The van der Waals surface area contributed by atoms with Crippen LogP contribution in [0.3, 0.4) is 0 Å². The molecule has 1 saturated carbocycles. The van der Waals surface area contributed by atoms with Crippen LogP contribution >= 0.6 is 0 Å². The van der Waals surface area contributed by atoms with Crippen LogP contribution in [0.2, 0.25) is 0 Å². The highest BCUT2D eigenvalue weighted by atomic mass is 16.2. The lowest BCUT2D eigenvalue weighted by Gasteiger charge is -2.33. The van der Waals surface area contributed by atoms with Gasteiger partial charge < -0.3 is 10.2 Å². The molecule has 1 unspecified atom stereocenters. The molecule has 0 radical (unpaired) electrons. The predicted octanol–water partition coefficient (Wildman–Crippen LogP) is 1.74. The van der Waals surface area contributed by atoms with E-state index in [1.807, 2.05) is 0 Å². The van der Waals surface area contributed by atoms with Crippen LogP contribution in [-0.2, 0) is 11.8 Å².